The first-order chi connectivity index (χ1) is 9.88. The molecule has 1 aromatic carbocycles. The fourth-order valence-corrected chi connectivity index (χ4v) is 2.71. The minimum absolute atomic E-state index is 0.0778. The molecule has 2 atom stereocenters. The number of aromatic hydroxyl groups is 1. The Bertz CT molecular complexity index is 571. The van der Waals surface area contributed by atoms with Gasteiger partial charge in [-0.3, -0.25) is 9.59 Å². The highest BCUT2D eigenvalue weighted by Gasteiger charge is 2.46. The molecule has 1 aromatic rings. The highest BCUT2D eigenvalue weighted by atomic mass is 16.5. The summed E-state index contributed by atoms with van der Waals surface area (Å²) >= 11 is 0. The van der Waals surface area contributed by atoms with Gasteiger partial charge in [0.2, 0.25) is 0 Å². The molecule has 1 aliphatic carbocycles. The Morgan fingerprint density at radius 1 is 1.43 bits per heavy atom. The summed E-state index contributed by atoms with van der Waals surface area (Å²) in [4.78, 5) is 23.7. The molecule has 1 amide bonds. The number of phenols is 1. The first-order valence-corrected chi connectivity index (χ1v) is 6.80. The molecule has 0 saturated heterocycles. The summed E-state index contributed by atoms with van der Waals surface area (Å²) in [6, 6.07) is 3.90. The number of rotatable bonds is 4. The molecule has 0 bridgehead atoms. The van der Waals surface area contributed by atoms with Crippen molar-refractivity contribution >= 4 is 11.9 Å². The molecule has 6 heteroatoms. The molecule has 21 heavy (non-hydrogen) atoms. The predicted octanol–water partition coefficient (Wildman–Crippen LogP) is 1.77. The molecule has 6 nitrogen and oxygen atoms in total. The Kier molecular flexibility index (Phi) is 4.06. The van der Waals surface area contributed by atoms with Crippen LogP contribution in [0.15, 0.2) is 18.2 Å². The van der Waals surface area contributed by atoms with Gasteiger partial charge in [-0.2, -0.15) is 0 Å². The van der Waals surface area contributed by atoms with Crippen molar-refractivity contribution in [1.82, 2.24) is 5.32 Å². The van der Waals surface area contributed by atoms with Crippen LogP contribution in [0.25, 0.3) is 0 Å². The van der Waals surface area contributed by atoms with Crippen molar-refractivity contribution in [1.29, 1.82) is 0 Å². The average Bonchev–Trinajstić information content (AvgIpc) is 2.82. The van der Waals surface area contributed by atoms with Crippen LogP contribution in [0.2, 0.25) is 0 Å². The van der Waals surface area contributed by atoms with Crippen LogP contribution < -0.4 is 10.1 Å². The minimum Gasteiger partial charge on any atom is -0.507 e. The number of hydrogen-bond donors (Lipinski definition) is 3. The third-order valence-electron chi connectivity index (χ3n) is 4.20. The number of hydrogen-bond acceptors (Lipinski definition) is 4. The Hall–Kier alpha value is -2.24. The van der Waals surface area contributed by atoms with Crippen LogP contribution in [0.4, 0.5) is 0 Å². The van der Waals surface area contributed by atoms with Crippen LogP contribution in [0.1, 0.15) is 36.5 Å². The lowest BCUT2D eigenvalue weighted by molar-refractivity contribution is -0.148. The number of aliphatic carboxylic acids is 1. The molecule has 3 N–H and O–H groups in total. The summed E-state index contributed by atoms with van der Waals surface area (Å²) in [6.45, 7) is 1.64. The molecular formula is C15H19NO5. The largest absolute Gasteiger partial charge is 0.507 e. The Balaban J connectivity index is 2.20. The van der Waals surface area contributed by atoms with E-state index in [0.29, 0.717) is 18.6 Å². The number of carbonyl (C=O) groups is 2. The average molecular weight is 293 g/mol. The van der Waals surface area contributed by atoms with Crippen LogP contribution in [0, 0.1) is 5.41 Å². The van der Waals surface area contributed by atoms with E-state index in [1.165, 1.54) is 19.2 Å². The first-order valence-electron chi connectivity index (χ1n) is 6.80. The molecular weight excluding hydrogens is 274 g/mol. The molecule has 1 aliphatic rings. The lowest BCUT2D eigenvalue weighted by Gasteiger charge is -2.27. The fourth-order valence-electron chi connectivity index (χ4n) is 2.71. The number of carboxylic acids is 1. The number of nitrogens with one attached hydrogen (secondary N) is 1. The van der Waals surface area contributed by atoms with Gasteiger partial charge in [0, 0.05) is 6.04 Å². The van der Waals surface area contributed by atoms with E-state index in [2.05, 4.69) is 5.32 Å². The maximum Gasteiger partial charge on any atom is 0.311 e. The Morgan fingerprint density at radius 2 is 2.14 bits per heavy atom. The van der Waals surface area contributed by atoms with Crippen LogP contribution in [0.5, 0.6) is 11.5 Å². The standard InChI is InChI=1S/C15H19NO5/c1-15(14(19)20)7-3-4-12(15)16-13(18)10-8-9(21-2)5-6-11(10)17/h5-6,8,12,17H,3-4,7H2,1-2H3,(H,16,18)(H,19,20). The number of benzene rings is 1. The second-order valence-electron chi connectivity index (χ2n) is 5.52. The van der Waals surface area contributed by atoms with Gasteiger partial charge in [-0.15, -0.1) is 0 Å². The van der Waals surface area contributed by atoms with E-state index in [0.717, 1.165) is 6.42 Å². The van der Waals surface area contributed by atoms with Gasteiger partial charge >= 0.3 is 5.97 Å². The molecule has 0 aromatic heterocycles. The monoisotopic (exact) mass is 293 g/mol. The predicted molar refractivity (Wildman–Crippen MR) is 75.5 cm³/mol. The van der Waals surface area contributed by atoms with Crippen LogP contribution in [-0.4, -0.2) is 35.2 Å². The number of phenolic OH excluding ortho intramolecular Hbond substituents is 1. The van der Waals surface area contributed by atoms with Crippen molar-refractivity contribution in [3.05, 3.63) is 23.8 Å². The molecule has 2 rings (SSSR count). The molecule has 0 heterocycles. The SMILES string of the molecule is COc1ccc(O)c(C(=O)NC2CCCC2(C)C(=O)O)c1. The normalized spacial score (nSPS) is 24.6. The molecule has 1 fully saturated rings. The third kappa shape index (κ3) is 2.79. The Morgan fingerprint density at radius 3 is 2.76 bits per heavy atom. The smallest absolute Gasteiger partial charge is 0.311 e. The van der Waals surface area contributed by atoms with Crippen molar-refractivity contribution in [3.8, 4) is 11.5 Å². The van der Waals surface area contributed by atoms with Crippen LogP contribution in [-0.2, 0) is 4.79 Å². The lowest BCUT2D eigenvalue weighted by atomic mass is 9.85. The maximum atomic E-state index is 12.3. The lowest BCUT2D eigenvalue weighted by Crippen LogP contribution is -2.47. The van der Waals surface area contributed by atoms with E-state index in [-0.39, 0.29) is 11.3 Å². The van der Waals surface area contributed by atoms with Gasteiger partial charge < -0.3 is 20.3 Å². The number of methoxy groups -OCH3 is 1. The summed E-state index contributed by atoms with van der Waals surface area (Å²) in [5.74, 6) is -1.13. The second-order valence-corrected chi connectivity index (χ2v) is 5.52. The van der Waals surface area contributed by atoms with Crippen molar-refractivity contribution in [2.75, 3.05) is 7.11 Å². The summed E-state index contributed by atoms with van der Waals surface area (Å²) in [7, 11) is 1.46. The highest BCUT2D eigenvalue weighted by Crippen LogP contribution is 2.38. The summed E-state index contributed by atoms with van der Waals surface area (Å²) < 4.78 is 5.02. The number of carbonyl (C=O) groups excluding carboxylic acids is 1. The summed E-state index contributed by atoms with van der Waals surface area (Å²) in [5, 5.41) is 21.8. The zero-order valence-corrected chi connectivity index (χ0v) is 12.0. The topological polar surface area (TPSA) is 95.9 Å². The van der Waals surface area contributed by atoms with Crippen molar-refractivity contribution in [3.63, 3.8) is 0 Å². The molecule has 114 valence electrons. The second kappa shape index (κ2) is 5.63. The number of ether oxygens (including phenoxy) is 1. The number of amides is 1. The van der Waals surface area contributed by atoms with Crippen LogP contribution >= 0.6 is 0 Å². The van der Waals surface area contributed by atoms with E-state index in [4.69, 9.17) is 4.74 Å². The van der Waals surface area contributed by atoms with Crippen molar-refractivity contribution in [2.24, 2.45) is 5.41 Å². The van der Waals surface area contributed by atoms with E-state index in [1.54, 1.807) is 13.0 Å². The summed E-state index contributed by atoms with van der Waals surface area (Å²) in [6.07, 6.45) is 1.88. The molecule has 1 saturated carbocycles. The van der Waals surface area contributed by atoms with Crippen LogP contribution in [0.3, 0.4) is 0 Å². The van der Waals surface area contributed by atoms with E-state index in [9.17, 15) is 19.8 Å². The van der Waals surface area contributed by atoms with Gasteiger partial charge in [-0.25, -0.2) is 0 Å². The van der Waals surface area contributed by atoms with Gasteiger partial charge in [-0.1, -0.05) is 6.42 Å². The van der Waals surface area contributed by atoms with E-state index in [1.807, 2.05) is 0 Å². The van der Waals surface area contributed by atoms with Gasteiger partial charge in [0.1, 0.15) is 11.5 Å². The van der Waals surface area contributed by atoms with Gasteiger partial charge in [-0.05, 0) is 38.0 Å². The zero-order valence-electron chi connectivity index (χ0n) is 12.0. The number of carboxylic acid groups (broad SMARTS) is 1. The first kappa shape index (κ1) is 15.2. The minimum atomic E-state index is -0.968. The Labute approximate surface area is 122 Å². The third-order valence-corrected chi connectivity index (χ3v) is 4.20. The van der Waals surface area contributed by atoms with Crippen molar-refractivity contribution in [2.45, 2.75) is 32.2 Å². The summed E-state index contributed by atoms with van der Waals surface area (Å²) in [5.41, 5.74) is -0.890. The fraction of sp³-hybridized carbons (Fsp3) is 0.467. The van der Waals surface area contributed by atoms with Gasteiger partial charge in [0.05, 0.1) is 18.1 Å². The molecule has 2 unspecified atom stereocenters. The molecule has 0 aliphatic heterocycles. The molecule has 0 spiro atoms. The maximum absolute atomic E-state index is 12.3. The van der Waals surface area contributed by atoms with Gasteiger partial charge in [0.15, 0.2) is 0 Å². The zero-order chi connectivity index (χ0) is 15.6. The highest BCUT2D eigenvalue weighted by molar-refractivity contribution is 5.97. The van der Waals surface area contributed by atoms with E-state index < -0.39 is 23.3 Å². The van der Waals surface area contributed by atoms with Crippen molar-refractivity contribution < 1.29 is 24.5 Å². The van der Waals surface area contributed by atoms with E-state index >= 15 is 0 Å². The molecule has 0 radical (unpaired) electrons. The van der Waals surface area contributed by atoms with Gasteiger partial charge in [0.25, 0.3) is 5.91 Å². The quantitative estimate of drug-likeness (QED) is 0.786.